The molecule has 0 aromatic heterocycles. The van der Waals surface area contributed by atoms with Crippen molar-refractivity contribution in [2.45, 2.75) is 46.0 Å². The maximum Gasteiger partial charge on any atom is 0.000750 e. The number of unbranched alkanes of at least 4 members (excludes halogenated alkanes) is 3. The quantitative estimate of drug-likeness (QED) is 0.601. The molecule has 1 aliphatic rings. The third-order valence-corrected chi connectivity index (χ3v) is 2.84. The summed E-state index contributed by atoms with van der Waals surface area (Å²) in [5.74, 6) is 0.955. The predicted octanol–water partition coefficient (Wildman–Crippen LogP) is 3.06. The SMILES string of the molecule is CCCCCCN1CCC(C)C1.F. The van der Waals surface area contributed by atoms with Crippen molar-refractivity contribution in [2.24, 2.45) is 5.92 Å². The minimum atomic E-state index is 0. The number of halogens is 1. The van der Waals surface area contributed by atoms with E-state index in [9.17, 15) is 0 Å². The molecule has 0 amide bonds. The third-order valence-electron chi connectivity index (χ3n) is 2.84. The lowest BCUT2D eigenvalue weighted by molar-refractivity contribution is 0.318. The zero-order valence-electron chi connectivity index (χ0n) is 9.09. The van der Waals surface area contributed by atoms with E-state index in [-0.39, 0.29) is 4.70 Å². The largest absolute Gasteiger partial charge is 0.303 e. The van der Waals surface area contributed by atoms with Gasteiger partial charge in [0.15, 0.2) is 0 Å². The van der Waals surface area contributed by atoms with Gasteiger partial charge >= 0.3 is 0 Å². The molecule has 0 spiro atoms. The van der Waals surface area contributed by atoms with Crippen molar-refractivity contribution in [2.75, 3.05) is 19.6 Å². The summed E-state index contributed by atoms with van der Waals surface area (Å²) in [6.45, 7) is 8.70. The molecule has 1 rings (SSSR count). The maximum atomic E-state index is 2.63. The molecule has 1 unspecified atom stereocenters. The Balaban J connectivity index is 0.00000144. The molecular weight excluding hydrogens is 165 g/mol. The zero-order chi connectivity index (χ0) is 8.81. The Labute approximate surface area is 81.9 Å². The molecule has 0 aromatic rings. The molecule has 1 nitrogen and oxygen atoms in total. The second-order valence-electron chi connectivity index (χ2n) is 4.26. The third kappa shape index (κ3) is 5.25. The molecule has 1 aliphatic heterocycles. The van der Waals surface area contributed by atoms with E-state index in [0.717, 1.165) is 5.92 Å². The molecule has 1 atom stereocenters. The van der Waals surface area contributed by atoms with E-state index >= 15 is 0 Å². The van der Waals surface area contributed by atoms with Crippen LogP contribution in [0.4, 0.5) is 4.70 Å². The van der Waals surface area contributed by atoms with Gasteiger partial charge in [0.25, 0.3) is 0 Å². The van der Waals surface area contributed by atoms with Crippen LogP contribution in [0.3, 0.4) is 0 Å². The van der Waals surface area contributed by atoms with E-state index in [1.54, 1.807) is 0 Å². The van der Waals surface area contributed by atoms with Gasteiger partial charge in [0.2, 0.25) is 0 Å². The molecule has 1 fully saturated rings. The van der Waals surface area contributed by atoms with E-state index in [1.807, 2.05) is 0 Å². The average Bonchev–Trinajstić information content (AvgIpc) is 2.45. The second kappa shape index (κ2) is 7.31. The van der Waals surface area contributed by atoms with Crippen molar-refractivity contribution < 1.29 is 4.70 Å². The van der Waals surface area contributed by atoms with Crippen LogP contribution < -0.4 is 0 Å². The van der Waals surface area contributed by atoms with Gasteiger partial charge in [-0.15, -0.1) is 0 Å². The Morgan fingerprint density at radius 3 is 2.54 bits per heavy atom. The first kappa shape index (κ1) is 12.9. The molecule has 0 saturated carbocycles. The van der Waals surface area contributed by atoms with E-state index in [0.29, 0.717) is 0 Å². The van der Waals surface area contributed by atoms with Crippen molar-refractivity contribution in [3.63, 3.8) is 0 Å². The number of likely N-dealkylation sites (tertiary alicyclic amines) is 1. The summed E-state index contributed by atoms with van der Waals surface area (Å²) in [5, 5.41) is 0. The predicted molar refractivity (Wildman–Crippen MR) is 56.9 cm³/mol. The number of hydrogen-bond donors (Lipinski definition) is 0. The summed E-state index contributed by atoms with van der Waals surface area (Å²) in [7, 11) is 0. The first-order valence-electron chi connectivity index (χ1n) is 5.55. The van der Waals surface area contributed by atoms with Crippen LogP contribution in [0.5, 0.6) is 0 Å². The first-order chi connectivity index (χ1) is 5.83. The fourth-order valence-corrected chi connectivity index (χ4v) is 1.99. The molecule has 0 aliphatic carbocycles. The molecule has 1 heterocycles. The topological polar surface area (TPSA) is 3.24 Å². The molecular formula is C11H24FN. The standard InChI is InChI=1S/C11H23N.FH/c1-3-4-5-6-8-12-9-7-11(2)10-12;/h11H,3-10H2,1-2H3;1H. The monoisotopic (exact) mass is 189 g/mol. The number of hydrogen-bond acceptors (Lipinski definition) is 1. The van der Waals surface area contributed by atoms with Crippen LogP contribution in [-0.2, 0) is 0 Å². The van der Waals surface area contributed by atoms with Crippen LogP contribution in [0.15, 0.2) is 0 Å². The Bertz CT molecular complexity index is 117. The highest BCUT2D eigenvalue weighted by atomic mass is 19.0. The molecule has 0 bridgehead atoms. The minimum absolute atomic E-state index is 0. The van der Waals surface area contributed by atoms with Crippen molar-refractivity contribution >= 4 is 0 Å². The molecule has 0 radical (unpaired) electrons. The van der Waals surface area contributed by atoms with Crippen LogP contribution in [0.25, 0.3) is 0 Å². The van der Waals surface area contributed by atoms with E-state index in [1.165, 1.54) is 51.7 Å². The molecule has 80 valence electrons. The normalized spacial score (nSPS) is 23.1. The fourth-order valence-electron chi connectivity index (χ4n) is 1.99. The van der Waals surface area contributed by atoms with Crippen LogP contribution in [0.1, 0.15) is 46.0 Å². The van der Waals surface area contributed by atoms with Crippen LogP contribution in [0.2, 0.25) is 0 Å². The van der Waals surface area contributed by atoms with Crippen LogP contribution in [-0.4, -0.2) is 24.5 Å². The molecule has 0 N–H and O–H groups in total. The molecule has 1 saturated heterocycles. The summed E-state index contributed by atoms with van der Waals surface area (Å²) < 4.78 is 0. The zero-order valence-corrected chi connectivity index (χ0v) is 9.09. The van der Waals surface area contributed by atoms with Gasteiger partial charge in [-0.2, -0.15) is 0 Å². The Morgan fingerprint density at radius 2 is 2.00 bits per heavy atom. The lowest BCUT2D eigenvalue weighted by atomic mass is 10.2. The van der Waals surface area contributed by atoms with E-state index < -0.39 is 0 Å². The van der Waals surface area contributed by atoms with Crippen molar-refractivity contribution in [1.82, 2.24) is 4.90 Å². The van der Waals surface area contributed by atoms with E-state index in [4.69, 9.17) is 0 Å². The summed E-state index contributed by atoms with van der Waals surface area (Å²) >= 11 is 0. The van der Waals surface area contributed by atoms with Crippen molar-refractivity contribution in [3.05, 3.63) is 0 Å². The highest BCUT2D eigenvalue weighted by Crippen LogP contribution is 2.15. The summed E-state index contributed by atoms with van der Waals surface area (Å²) in [5.41, 5.74) is 0. The summed E-state index contributed by atoms with van der Waals surface area (Å²) in [4.78, 5) is 2.63. The van der Waals surface area contributed by atoms with Crippen LogP contribution >= 0.6 is 0 Å². The lowest BCUT2D eigenvalue weighted by Gasteiger charge is -2.14. The van der Waals surface area contributed by atoms with Gasteiger partial charge in [-0.05, 0) is 31.8 Å². The number of nitrogens with zero attached hydrogens (tertiary/aromatic N) is 1. The van der Waals surface area contributed by atoms with Crippen molar-refractivity contribution in [1.29, 1.82) is 0 Å². The first-order valence-corrected chi connectivity index (χ1v) is 5.55. The summed E-state index contributed by atoms with van der Waals surface area (Å²) in [6.07, 6.45) is 7.05. The number of rotatable bonds is 5. The molecule has 13 heavy (non-hydrogen) atoms. The van der Waals surface area contributed by atoms with Gasteiger partial charge in [0.1, 0.15) is 0 Å². The maximum absolute atomic E-state index is 2.63. The van der Waals surface area contributed by atoms with Gasteiger partial charge < -0.3 is 4.90 Å². The fraction of sp³-hybridized carbons (Fsp3) is 1.00. The van der Waals surface area contributed by atoms with Gasteiger partial charge in [-0.25, -0.2) is 0 Å². The van der Waals surface area contributed by atoms with Gasteiger partial charge in [-0.3, -0.25) is 4.70 Å². The molecule has 2 heteroatoms. The van der Waals surface area contributed by atoms with Gasteiger partial charge in [-0.1, -0.05) is 33.1 Å². The Hall–Kier alpha value is -0.110. The molecule has 0 aromatic carbocycles. The minimum Gasteiger partial charge on any atom is -0.303 e. The summed E-state index contributed by atoms with van der Waals surface area (Å²) in [6, 6.07) is 0. The Kier molecular flexibility index (Phi) is 7.25. The van der Waals surface area contributed by atoms with Gasteiger partial charge in [0, 0.05) is 6.54 Å². The highest BCUT2D eigenvalue weighted by molar-refractivity contribution is 4.71. The van der Waals surface area contributed by atoms with Gasteiger partial charge in [0.05, 0.1) is 0 Å². The average molecular weight is 189 g/mol. The lowest BCUT2D eigenvalue weighted by Crippen LogP contribution is -2.21. The Morgan fingerprint density at radius 1 is 1.23 bits per heavy atom. The van der Waals surface area contributed by atoms with Crippen molar-refractivity contribution in [3.8, 4) is 0 Å². The second-order valence-corrected chi connectivity index (χ2v) is 4.26. The van der Waals surface area contributed by atoms with Crippen LogP contribution in [0, 0.1) is 5.92 Å². The van der Waals surface area contributed by atoms with E-state index in [2.05, 4.69) is 18.7 Å². The highest BCUT2D eigenvalue weighted by Gasteiger charge is 2.17. The smallest absolute Gasteiger partial charge is 0.000750 e.